The van der Waals surface area contributed by atoms with Gasteiger partial charge in [0.15, 0.2) is 0 Å². The Hall–Kier alpha value is -0.0400. The van der Waals surface area contributed by atoms with Gasteiger partial charge in [-0.1, -0.05) is 13.8 Å². The van der Waals surface area contributed by atoms with Crippen molar-refractivity contribution in [2.24, 2.45) is 23.2 Å². The van der Waals surface area contributed by atoms with Crippen molar-refractivity contribution in [3.8, 4) is 0 Å². The van der Waals surface area contributed by atoms with Crippen molar-refractivity contribution in [3.05, 3.63) is 0 Å². The van der Waals surface area contributed by atoms with Crippen molar-refractivity contribution in [2.75, 3.05) is 6.61 Å². The second kappa shape index (κ2) is 1.76. The van der Waals surface area contributed by atoms with Crippen LogP contribution in [0.3, 0.4) is 0 Å². The van der Waals surface area contributed by atoms with Crippen molar-refractivity contribution >= 4 is 0 Å². The number of aliphatic hydroxyl groups is 1. The molecule has 0 aromatic carbocycles. The molecule has 0 saturated heterocycles. The van der Waals surface area contributed by atoms with E-state index in [4.69, 9.17) is 5.11 Å². The standard InChI is InChI=1S/C9H16O/c1-6(2)8-4-9(8)3-7(9)5-10/h6-8,10H,3-5H2,1-2H3/t7-,8-,9-/m1/s1. The van der Waals surface area contributed by atoms with Crippen LogP contribution in [-0.4, -0.2) is 11.7 Å². The molecule has 10 heavy (non-hydrogen) atoms. The van der Waals surface area contributed by atoms with Crippen LogP contribution in [0.5, 0.6) is 0 Å². The molecule has 0 radical (unpaired) electrons. The minimum atomic E-state index is 0.434. The summed E-state index contributed by atoms with van der Waals surface area (Å²) < 4.78 is 0. The van der Waals surface area contributed by atoms with Gasteiger partial charge in [-0.2, -0.15) is 0 Å². The predicted molar refractivity (Wildman–Crippen MR) is 40.6 cm³/mol. The first-order valence-electron chi connectivity index (χ1n) is 4.31. The average Bonchev–Trinajstić information content (AvgIpc) is 2.73. The van der Waals surface area contributed by atoms with Crippen LogP contribution in [0.2, 0.25) is 0 Å². The largest absolute Gasteiger partial charge is 0.396 e. The Kier molecular flexibility index (Phi) is 1.17. The highest BCUT2D eigenvalue weighted by atomic mass is 16.3. The molecule has 1 spiro atoms. The maximum absolute atomic E-state index is 8.88. The fraction of sp³-hybridized carbons (Fsp3) is 1.00. The third-order valence-corrected chi connectivity index (χ3v) is 3.48. The molecular weight excluding hydrogens is 124 g/mol. The zero-order chi connectivity index (χ0) is 7.35. The molecule has 3 atom stereocenters. The Bertz CT molecular complexity index is 153. The number of rotatable bonds is 2. The summed E-state index contributed by atoms with van der Waals surface area (Å²) in [7, 11) is 0. The Labute approximate surface area is 62.4 Å². The predicted octanol–water partition coefficient (Wildman–Crippen LogP) is 1.66. The Morgan fingerprint density at radius 3 is 2.50 bits per heavy atom. The molecule has 0 bridgehead atoms. The smallest absolute Gasteiger partial charge is 0.0464 e. The van der Waals surface area contributed by atoms with Crippen LogP contribution in [-0.2, 0) is 0 Å². The normalized spacial score (nSPS) is 50.4. The van der Waals surface area contributed by atoms with Gasteiger partial charge < -0.3 is 5.11 Å². The molecule has 0 aromatic heterocycles. The summed E-state index contributed by atoms with van der Waals surface area (Å²) in [4.78, 5) is 0. The lowest BCUT2D eigenvalue weighted by Gasteiger charge is -2.00. The molecule has 0 aromatic rings. The molecule has 2 aliphatic rings. The first-order valence-corrected chi connectivity index (χ1v) is 4.31. The average molecular weight is 140 g/mol. The van der Waals surface area contributed by atoms with Crippen LogP contribution < -0.4 is 0 Å². The number of hydrogen-bond acceptors (Lipinski definition) is 1. The zero-order valence-corrected chi connectivity index (χ0v) is 6.80. The van der Waals surface area contributed by atoms with Gasteiger partial charge in [0.25, 0.3) is 0 Å². The highest BCUT2D eigenvalue weighted by Gasteiger charge is 2.70. The molecule has 1 heteroatoms. The topological polar surface area (TPSA) is 20.2 Å². The maximum atomic E-state index is 8.88. The molecule has 0 heterocycles. The van der Waals surface area contributed by atoms with Gasteiger partial charge in [-0.05, 0) is 36.0 Å². The van der Waals surface area contributed by atoms with Gasteiger partial charge >= 0.3 is 0 Å². The lowest BCUT2D eigenvalue weighted by Crippen LogP contribution is -1.96. The Morgan fingerprint density at radius 1 is 1.50 bits per heavy atom. The molecule has 0 amide bonds. The van der Waals surface area contributed by atoms with Gasteiger partial charge in [0, 0.05) is 6.61 Å². The Balaban J connectivity index is 1.91. The summed E-state index contributed by atoms with van der Waals surface area (Å²) in [6.07, 6.45) is 2.71. The van der Waals surface area contributed by atoms with Crippen LogP contribution in [0.15, 0.2) is 0 Å². The van der Waals surface area contributed by atoms with E-state index < -0.39 is 0 Å². The third-order valence-electron chi connectivity index (χ3n) is 3.48. The van der Waals surface area contributed by atoms with Crippen LogP contribution in [0, 0.1) is 23.2 Å². The van der Waals surface area contributed by atoms with E-state index in [0.717, 1.165) is 11.8 Å². The summed E-state index contributed by atoms with van der Waals surface area (Å²) in [5, 5.41) is 8.88. The van der Waals surface area contributed by atoms with Crippen LogP contribution in [0.25, 0.3) is 0 Å². The molecule has 0 aliphatic heterocycles. The molecular formula is C9H16O. The summed E-state index contributed by atoms with van der Waals surface area (Å²) in [5.74, 6) is 2.47. The first kappa shape index (κ1) is 6.66. The van der Waals surface area contributed by atoms with E-state index in [9.17, 15) is 0 Å². The zero-order valence-electron chi connectivity index (χ0n) is 6.80. The third kappa shape index (κ3) is 0.672. The number of hydrogen-bond donors (Lipinski definition) is 1. The van der Waals surface area contributed by atoms with Crippen molar-refractivity contribution in [2.45, 2.75) is 26.7 Å². The van der Waals surface area contributed by atoms with E-state index in [1.165, 1.54) is 12.8 Å². The highest BCUT2D eigenvalue weighted by Crippen LogP contribution is 2.76. The minimum absolute atomic E-state index is 0.434. The molecule has 1 nitrogen and oxygen atoms in total. The van der Waals surface area contributed by atoms with E-state index in [2.05, 4.69) is 13.8 Å². The minimum Gasteiger partial charge on any atom is -0.396 e. The van der Waals surface area contributed by atoms with Crippen LogP contribution >= 0.6 is 0 Å². The second-order valence-electron chi connectivity index (χ2n) is 4.37. The summed E-state index contributed by atoms with van der Waals surface area (Å²) in [5.41, 5.74) is 0.656. The van der Waals surface area contributed by atoms with E-state index in [-0.39, 0.29) is 0 Å². The highest BCUT2D eigenvalue weighted by molar-refractivity contribution is 5.18. The Morgan fingerprint density at radius 2 is 2.20 bits per heavy atom. The monoisotopic (exact) mass is 140 g/mol. The van der Waals surface area contributed by atoms with Gasteiger partial charge in [-0.25, -0.2) is 0 Å². The van der Waals surface area contributed by atoms with Crippen molar-refractivity contribution in [1.29, 1.82) is 0 Å². The van der Waals surface area contributed by atoms with Crippen molar-refractivity contribution in [3.63, 3.8) is 0 Å². The van der Waals surface area contributed by atoms with Gasteiger partial charge in [-0.3, -0.25) is 0 Å². The SMILES string of the molecule is CC(C)[C@H]1C[C@@]12C[C@@H]2CO. The summed E-state index contributed by atoms with van der Waals surface area (Å²) in [6, 6.07) is 0. The maximum Gasteiger partial charge on any atom is 0.0464 e. The van der Waals surface area contributed by atoms with E-state index in [0.29, 0.717) is 17.9 Å². The van der Waals surface area contributed by atoms with Gasteiger partial charge in [-0.15, -0.1) is 0 Å². The lowest BCUT2D eigenvalue weighted by molar-refractivity contribution is 0.262. The second-order valence-corrected chi connectivity index (χ2v) is 4.37. The molecule has 2 aliphatic carbocycles. The first-order chi connectivity index (χ1) is 4.70. The fourth-order valence-electron chi connectivity index (χ4n) is 2.60. The van der Waals surface area contributed by atoms with Crippen LogP contribution in [0.4, 0.5) is 0 Å². The summed E-state index contributed by atoms with van der Waals surface area (Å²) in [6.45, 7) is 5.03. The van der Waals surface area contributed by atoms with E-state index in [1.54, 1.807) is 0 Å². The molecule has 1 N–H and O–H groups in total. The molecule has 2 rings (SSSR count). The lowest BCUT2D eigenvalue weighted by atomic mass is 10.1. The van der Waals surface area contributed by atoms with E-state index in [1.807, 2.05) is 0 Å². The quantitative estimate of drug-likeness (QED) is 0.618. The molecule has 58 valence electrons. The van der Waals surface area contributed by atoms with Crippen molar-refractivity contribution < 1.29 is 5.11 Å². The van der Waals surface area contributed by atoms with Gasteiger partial charge in [0.2, 0.25) is 0 Å². The van der Waals surface area contributed by atoms with Crippen LogP contribution in [0.1, 0.15) is 26.7 Å². The van der Waals surface area contributed by atoms with E-state index >= 15 is 0 Å². The fourth-order valence-corrected chi connectivity index (χ4v) is 2.60. The van der Waals surface area contributed by atoms with Crippen molar-refractivity contribution in [1.82, 2.24) is 0 Å². The molecule has 0 unspecified atom stereocenters. The molecule has 2 saturated carbocycles. The molecule has 2 fully saturated rings. The summed E-state index contributed by atoms with van der Waals surface area (Å²) >= 11 is 0. The van der Waals surface area contributed by atoms with Gasteiger partial charge in [0.1, 0.15) is 0 Å². The number of aliphatic hydroxyl groups excluding tert-OH is 1. The van der Waals surface area contributed by atoms with Gasteiger partial charge in [0.05, 0.1) is 0 Å².